The van der Waals surface area contributed by atoms with Gasteiger partial charge in [-0.2, -0.15) is 4.57 Å². The van der Waals surface area contributed by atoms with Crippen LogP contribution in [0.5, 0.6) is 0 Å². The van der Waals surface area contributed by atoms with Crippen molar-refractivity contribution in [2.45, 2.75) is 37.8 Å². The van der Waals surface area contributed by atoms with Gasteiger partial charge in [0.1, 0.15) is 0 Å². The molecule has 1 fully saturated rings. The molecule has 102 valence electrons. The molecule has 1 aliphatic heterocycles. The SMILES string of the molecule is Cn1c(=O)c2c(n(C)c1=O)=[NH+]C1(CCCCC1)ON=2. The van der Waals surface area contributed by atoms with Crippen molar-refractivity contribution in [1.82, 2.24) is 9.13 Å². The number of nitrogens with zero attached hydrogens (tertiary/aromatic N) is 3. The summed E-state index contributed by atoms with van der Waals surface area (Å²) >= 11 is 0. The second-order valence-electron chi connectivity index (χ2n) is 5.27. The minimum Gasteiger partial charge on any atom is -0.344 e. The van der Waals surface area contributed by atoms with Crippen LogP contribution in [0.2, 0.25) is 0 Å². The van der Waals surface area contributed by atoms with Gasteiger partial charge in [0.05, 0.1) is 7.05 Å². The zero-order valence-corrected chi connectivity index (χ0v) is 11.1. The summed E-state index contributed by atoms with van der Waals surface area (Å²) in [6, 6.07) is 0. The largest absolute Gasteiger partial charge is 0.418 e. The number of rotatable bonds is 0. The standard InChI is InChI=1S/C12H16N4O3/c1-15-9-8(10(17)16(2)11(15)18)14-19-12(13-9)6-4-3-5-7-12/h3-7H2,1-2H3/p+1. The van der Waals surface area contributed by atoms with Gasteiger partial charge in [0.2, 0.25) is 0 Å². The van der Waals surface area contributed by atoms with Crippen LogP contribution in [0.3, 0.4) is 0 Å². The molecule has 1 spiro atoms. The van der Waals surface area contributed by atoms with E-state index in [0.29, 0.717) is 5.49 Å². The third-order valence-electron chi connectivity index (χ3n) is 3.96. The van der Waals surface area contributed by atoms with Crippen LogP contribution < -0.4 is 27.1 Å². The highest BCUT2D eigenvalue weighted by molar-refractivity contribution is 4.85. The van der Waals surface area contributed by atoms with Crippen LogP contribution in [0, 0.1) is 0 Å². The van der Waals surface area contributed by atoms with E-state index in [1.54, 1.807) is 7.05 Å². The van der Waals surface area contributed by atoms with Crippen LogP contribution in [0.25, 0.3) is 0 Å². The maximum absolute atomic E-state index is 12.0. The lowest BCUT2D eigenvalue weighted by Gasteiger charge is -2.29. The molecule has 19 heavy (non-hydrogen) atoms. The van der Waals surface area contributed by atoms with Gasteiger partial charge in [-0.15, -0.1) is 0 Å². The molecule has 7 heteroatoms. The summed E-state index contributed by atoms with van der Waals surface area (Å²) in [5, 5.41) is 4.14. The highest BCUT2D eigenvalue weighted by Gasteiger charge is 2.39. The first-order valence-corrected chi connectivity index (χ1v) is 6.51. The van der Waals surface area contributed by atoms with E-state index in [1.165, 1.54) is 18.0 Å². The van der Waals surface area contributed by atoms with Gasteiger partial charge in [0.25, 0.3) is 16.6 Å². The van der Waals surface area contributed by atoms with Crippen molar-refractivity contribution in [3.8, 4) is 0 Å². The van der Waals surface area contributed by atoms with Crippen molar-refractivity contribution >= 4 is 0 Å². The Bertz CT molecular complexity index is 753. The lowest BCUT2D eigenvalue weighted by atomic mass is 9.92. The zero-order chi connectivity index (χ0) is 13.6. The zero-order valence-electron chi connectivity index (χ0n) is 11.1. The molecule has 7 nitrogen and oxygen atoms in total. The Balaban J connectivity index is 2.32. The smallest absolute Gasteiger partial charge is 0.344 e. The average molecular weight is 265 g/mol. The van der Waals surface area contributed by atoms with Crippen LogP contribution in [0.4, 0.5) is 0 Å². The lowest BCUT2D eigenvalue weighted by Crippen LogP contribution is -2.97. The fourth-order valence-corrected chi connectivity index (χ4v) is 2.76. The molecule has 2 aliphatic rings. The molecule has 1 N–H and O–H groups in total. The van der Waals surface area contributed by atoms with Crippen molar-refractivity contribution in [2.75, 3.05) is 0 Å². The fourth-order valence-electron chi connectivity index (χ4n) is 2.76. The van der Waals surface area contributed by atoms with Gasteiger partial charge in [-0.25, -0.2) is 14.4 Å². The van der Waals surface area contributed by atoms with Crippen molar-refractivity contribution in [3.63, 3.8) is 0 Å². The van der Waals surface area contributed by atoms with Crippen molar-refractivity contribution in [2.24, 2.45) is 19.3 Å². The Labute approximate surface area is 108 Å². The average Bonchev–Trinajstić information content (AvgIpc) is 2.44. The topological polar surface area (TPSA) is 79.6 Å². The Morgan fingerprint density at radius 1 is 1.16 bits per heavy atom. The fraction of sp³-hybridized carbons (Fsp3) is 0.667. The third-order valence-corrected chi connectivity index (χ3v) is 3.96. The maximum Gasteiger partial charge on any atom is 0.418 e. The Hall–Kier alpha value is -1.92. The van der Waals surface area contributed by atoms with Gasteiger partial charge >= 0.3 is 11.2 Å². The number of hydrogen-bond donors (Lipinski definition) is 1. The molecule has 0 amide bonds. The van der Waals surface area contributed by atoms with Crippen LogP contribution in [0.15, 0.2) is 14.7 Å². The van der Waals surface area contributed by atoms with Gasteiger partial charge in [-0.1, -0.05) is 11.6 Å². The molecule has 2 heterocycles. The van der Waals surface area contributed by atoms with Gasteiger partial charge in [0.15, 0.2) is 0 Å². The van der Waals surface area contributed by atoms with E-state index in [2.05, 4.69) is 10.1 Å². The number of hydrogen-bond acceptors (Lipinski definition) is 4. The highest BCUT2D eigenvalue weighted by Crippen LogP contribution is 2.25. The first-order chi connectivity index (χ1) is 9.04. The van der Waals surface area contributed by atoms with Crippen LogP contribution in [0.1, 0.15) is 32.1 Å². The molecule has 1 aromatic rings. The monoisotopic (exact) mass is 265 g/mol. The normalized spacial score (nSPS) is 20.1. The van der Waals surface area contributed by atoms with E-state index < -0.39 is 11.3 Å². The molecule has 0 saturated heterocycles. The van der Waals surface area contributed by atoms with E-state index in [1.807, 2.05) is 0 Å². The van der Waals surface area contributed by atoms with Crippen molar-refractivity contribution in [3.05, 3.63) is 31.7 Å². The molecule has 1 saturated carbocycles. The number of fused-ring (bicyclic) bond motifs is 1. The van der Waals surface area contributed by atoms with Gasteiger partial charge < -0.3 is 4.84 Å². The quantitative estimate of drug-likeness (QED) is 0.543. The molecule has 3 rings (SSSR count). The highest BCUT2D eigenvalue weighted by atomic mass is 16.7. The van der Waals surface area contributed by atoms with Crippen LogP contribution in [-0.4, -0.2) is 14.9 Å². The molecular weight excluding hydrogens is 248 g/mol. The third kappa shape index (κ3) is 1.72. The molecule has 1 aliphatic carbocycles. The molecule has 0 bridgehead atoms. The second-order valence-corrected chi connectivity index (χ2v) is 5.27. The van der Waals surface area contributed by atoms with Crippen LogP contribution in [-0.2, 0) is 18.9 Å². The predicted octanol–water partition coefficient (Wildman–Crippen LogP) is -2.99. The van der Waals surface area contributed by atoms with Crippen molar-refractivity contribution in [1.29, 1.82) is 0 Å². The second kappa shape index (κ2) is 4.04. The van der Waals surface area contributed by atoms with Crippen molar-refractivity contribution < 1.29 is 9.83 Å². The summed E-state index contributed by atoms with van der Waals surface area (Å²) in [6.07, 6.45) is 4.95. The predicted molar refractivity (Wildman–Crippen MR) is 64.7 cm³/mol. The minimum absolute atomic E-state index is 0.167. The lowest BCUT2D eigenvalue weighted by molar-refractivity contribution is -0.666. The van der Waals surface area contributed by atoms with Gasteiger partial charge in [-0.3, -0.25) is 4.79 Å². The maximum atomic E-state index is 12.0. The summed E-state index contributed by atoms with van der Waals surface area (Å²) in [6.45, 7) is 0. The van der Waals surface area contributed by atoms with E-state index in [4.69, 9.17) is 4.84 Å². The summed E-state index contributed by atoms with van der Waals surface area (Å²) in [5.41, 5.74) is -0.890. The first-order valence-electron chi connectivity index (χ1n) is 6.51. The molecule has 0 aromatic carbocycles. The number of aromatic nitrogens is 2. The molecule has 0 radical (unpaired) electrons. The van der Waals surface area contributed by atoms with E-state index in [0.717, 1.165) is 30.3 Å². The minimum atomic E-state index is -0.554. The van der Waals surface area contributed by atoms with Crippen LogP contribution >= 0.6 is 0 Å². The Morgan fingerprint density at radius 2 is 1.84 bits per heavy atom. The Morgan fingerprint density at radius 3 is 2.53 bits per heavy atom. The molecular formula is C12H17N4O3+. The van der Waals surface area contributed by atoms with Gasteiger partial charge in [-0.05, 0) is 12.8 Å². The Kier molecular flexibility index (Phi) is 2.58. The number of nitrogens with one attached hydrogen (secondary N) is 1. The summed E-state index contributed by atoms with van der Waals surface area (Å²) in [4.78, 5) is 32.7. The van der Waals surface area contributed by atoms with E-state index in [-0.39, 0.29) is 11.0 Å². The molecule has 0 unspecified atom stereocenters. The summed E-state index contributed by atoms with van der Waals surface area (Å²) in [7, 11) is 3.07. The van der Waals surface area contributed by atoms with Gasteiger partial charge in [0, 0.05) is 19.9 Å². The van der Waals surface area contributed by atoms with E-state index in [9.17, 15) is 9.59 Å². The summed E-state index contributed by atoms with van der Waals surface area (Å²) in [5.74, 6) is 0. The first kappa shape index (κ1) is 12.1. The molecule has 1 aromatic heterocycles. The van der Waals surface area contributed by atoms with E-state index >= 15 is 0 Å². The molecule has 0 atom stereocenters. The summed E-state index contributed by atoms with van der Waals surface area (Å²) < 4.78 is 2.45.